The minimum absolute atomic E-state index is 0.111. The molecular formula is C16H19N3O2S. The van der Waals surface area contributed by atoms with Gasteiger partial charge in [0.1, 0.15) is 4.88 Å². The summed E-state index contributed by atoms with van der Waals surface area (Å²) in [5, 5.41) is 13.5. The summed E-state index contributed by atoms with van der Waals surface area (Å²) in [7, 11) is 0. The van der Waals surface area contributed by atoms with Gasteiger partial charge in [0.2, 0.25) is 0 Å². The van der Waals surface area contributed by atoms with Gasteiger partial charge in [0, 0.05) is 6.20 Å². The van der Waals surface area contributed by atoms with Crippen molar-refractivity contribution in [3.63, 3.8) is 0 Å². The van der Waals surface area contributed by atoms with Crippen LogP contribution >= 0.6 is 11.3 Å². The fourth-order valence-corrected chi connectivity index (χ4v) is 3.67. The summed E-state index contributed by atoms with van der Waals surface area (Å²) >= 11 is 1.40. The number of thiazole rings is 1. The minimum atomic E-state index is -0.263. The topological polar surface area (TPSA) is 75.1 Å². The first-order valence-corrected chi connectivity index (χ1v) is 8.20. The first-order chi connectivity index (χ1) is 10.5. The van der Waals surface area contributed by atoms with E-state index in [4.69, 9.17) is 0 Å². The molecule has 116 valence electrons. The molecule has 6 heteroatoms. The van der Waals surface area contributed by atoms with E-state index in [1.54, 1.807) is 6.20 Å². The van der Waals surface area contributed by atoms with E-state index >= 15 is 0 Å². The van der Waals surface area contributed by atoms with E-state index in [0.717, 1.165) is 16.4 Å². The molecule has 5 nitrogen and oxygen atoms in total. The molecule has 0 aromatic carbocycles. The molecule has 2 heterocycles. The SMILES string of the molecule is Cc1nc(C)c(C(=O)N[C@@H](c2ccccn2)C2CC(O)C2)s1. The number of hydrogen-bond acceptors (Lipinski definition) is 5. The predicted molar refractivity (Wildman–Crippen MR) is 84.8 cm³/mol. The van der Waals surface area contributed by atoms with Crippen LogP contribution in [-0.2, 0) is 0 Å². The molecule has 1 fully saturated rings. The Kier molecular flexibility index (Phi) is 4.22. The second kappa shape index (κ2) is 6.14. The van der Waals surface area contributed by atoms with Gasteiger partial charge in [0.25, 0.3) is 5.91 Å². The van der Waals surface area contributed by atoms with Gasteiger partial charge in [-0.2, -0.15) is 0 Å². The number of pyridine rings is 1. The van der Waals surface area contributed by atoms with E-state index in [-0.39, 0.29) is 24.0 Å². The first-order valence-electron chi connectivity index (χ1n) is 7.38. The molecule has 0 unspecified atom stereocenters. The highest BCUT2D eigenvalue weighted by atomic mass is 32.1. The van der Waals surface area contributed by atoms with Crippen LogP contribution in [0.4, 0.5) is 0 Å². The lowest BCUT2D eigenvalue weighted by molar-refractivity contribution is 0.0228. The molecule has 1 atom stereocenters. The first kappa shape index (κ1) is 15.1. The van der Waals surface area contributed by atoms with E-state index in [2.05, 4.69) is 15.3 Å². The zero-order valence-electron chi connectivity index (χ0n) is 12.6. The van der Waals surface area contributed by atoms with Crippen LogP contribution in [0.25, 0.3) is 0 Å². The maximum atomic E-state index is 12.6. The number of nitrogens with one attached hydrogen (secondary N) is 1. The summed E-state index contributed by atoms with van der Waals surface area (Å²) in [5.74, 6) is 0.114. The van der Waals surface area contributed by atoms with Crippen molar-refractivity contribution in [3.05, 3.63) is 45.7 Å². The number of aromatic nitrogens is 2. The van der Waals surface area contributed by atoms with E-state index in [1.165, 1.54) is 11.3 Å². The summed E-state index contributed by atoms with van der Waals surface area (Å²) in [6.07, 6.45) is 2.86. The summed E-state index contributed by atoms with van der Waals surface area (Å²) in [5.41, 5.74) is 1.60. The standard InChI is InChI=1S/C16H19N3O2S/c1-9-15(22-10(2)18-9)16(21)19-14(11-7-12(20)8-11)13-5-3-4-6-17-13/h3-6,11-12,14,20H,7-8H2,1-2H3,(H,19,21)/t11?,12?,14-/m1/s1. The molecule has 2 aromatic rings. The molecular weight excluding hydrogens is 298 g/mol. The summed E-state index contributed by atoms with van der Waals surface area (Å²) in [6, 6.07) is 5.52. The van der Waals surface area contributed by atoms with Gasteiger partial charge in [-0.05, 0) is 44.7 Å². The lowest BCUT2D eigenvalue weighted by atomic mass is 9.76. The molecule has 1 saturated carbocycles. The number of rotatable bonds is 4. The quantitative estimate of drug-likeness (QED) is 0.908. The molecule has 1 aliphatic carbocycles. The van der Waals surface area contributed by atoms with Gasteiger partial charge in [-0.25, -0.2) is 4.98 Å². The highest BCUT2D eigenvalue weighted by molar-refractivity contribution is 7.13. The zero-order chi connectivity index (χ0) is 15.7. The number of hydrogen-bond donors (Lipinski definition) is 2. The maximum absolute atomic E-state index is 12.6. The third kappa shape index (κ3) is 3.03. The lowest BCUT2D eigenvalue weighted by Crippen LogP contribution is -2.41. The lowest BCUT2D eigenvalue weighted by Gasteiger charge is -2.37. The molecule has 2 aromatic heterocycles. The van der Waals surface area contributed by atoms with Crippen molar-refractivity contribution in [2.75, 3.05) is 0 Å². The van der Waals surface area contributed by atoms with Crippen molar-refractivity contribution in [1.29, 1.82) is 0 Å². The third-order valence-corrected chi connectivity index (χ3v) is 5.10. The van der Waals surface area contributed by atoms with E-state index in [0.29, 0.717) is 17.7 Å². The van der Waals surface area contributed by atoms with Crippen LogP contribution in [0.5, 0.6) is 0 Å². The molecule has 0 saturated heterocycles. The van der Waals surface area contributed by atoms with E-state index < -0.39 is 0 Å². The van der Waals surface area contributed by atoms with Gasteiger partial charge in [0.15, 0.2) is 0 Å². The van der Waals surface area contributed by atoms with Crippen LogP contribution < -0.4 is 5.32 Å². The Hall–Kier alpha value is -1.79. The molecule has 1 aliphatic rings. The minimum Gasteiger partial charge on any atom is -0.393 e. The Labute approximate surface area is 133 Å². The van der Waals surface area contributed by atoms with Crippen LogP contribution in [0.15, 0.2) is 24.4 Å². The van der Waals surface area contributed by atoms with Crippen LogP contribution in [0.1, 0.15) is 45.0 Å². The molecule has 2 N–H and O–H groups in total. The molecule has 0 aliphatic heterocycles. The summed E-state index contributed by atoms with van der Waals surface area (Å²) in [6.45, 7) is 3.74. The monoisotopic (exact) mass is 317 g/mol. The average Bonchev–Trinajstić information content (AvgIpc) is 2.81. The van der Waals surface area contributed by atoms with Gasteiger partial charge in [-0.3, -0.25) is 9.78 Å². The summed E-state index contributed by atoms with van der Waals surface area (Å²) < 4.78 is 0. The Morgan fingerprint density at radius 1 is 1.41 bits per heavy atom. The number of aliphatic hydroxyl groups is 1. The number of nitrogens with zero attached hydrogens (tertiary/aromatic N) is 2. The molecule has 0 radical (unpaired) electrons. The predicted octanol–water partition coefficient (Wildman–Crippen LogP) is 2.40. The van der Waals surface area contributed by atoms with Crippen LogP contribution in [0.3, 0.4) is 0 Å². The Morgan fingerprint density at radius 2 is 2.18 bits per heavy atom. The Morgan fingerprint density at radius 3 is 2.73 bits per heavy atom. The second-order valence-corrected chi connectivity index (χ2v) is 6.94. The zero-order valence-corrected chi connectivity index (χ0v) is 13.4. The number of aryl methyl sites for hydroxylation is 2. The van der Waals surface area contributed by atoms with Gasteiger partial charge in [-0.15, -0.1) is 11.3 Å². The highest BCUT2D eigenvalue weighted by Gasteiger charge is 2.36. The molecule has 22 heavy (non-hydrogen) atoms. The van der Waals surface area contributed by atoms with Crippen molar-refractivity contribution >= 4 is 17.2 Å². The second-order valence-electron chi connectivity index (χ2n) is 5.74. The van der Waals surface area contributed by atoms with E-state index in [9.17, 15) is 9.90 Å². The fourth-order valence-electron chi connectivity index (χ4n) is 2.84. The normalized spacial score (nSPS) is 22.0. The van der Waals surface area contributed by atoms with Crippen molar-refractivity contribution in [3.8, 4) is 0 Å². The number of aliphatic hydroxyl groups excluding tert-OH is 1. The Balaban J connectivity index is 1.81. The van der Waals surface area contributed by atoms with Crippen LogP contribution in [0, 0.1) is 19.8 Å². The van der Waals surface area contributed by atoms with Crippen LogP contribution in [-0.4, -0.2) is 27.1 Å². The summed E-state index contributed by atoms with van der Waals surface area (Å²) in [4.78, 5) is 21.9. The Bertz CT molecular complexity index is 665. The van der Waals surface area contributed by atoms with Crippen molar-refractivity contribution in [1.82, 2.24) is 15.3 Å². The number of carbonyl (C=O) groups is 1. The number of amides is 1. The maximum Gasteiger partial charge on any atom is 0.263 e. The third-order valence-electron chi connectivity index (χ3n) is 4.02. The highest BCUT2D eigenvalue weighted by Crippen LogP contribution is 2.37. The van der Waals surface area contributed by atoms with E-state index in [1.807, 2.05) is 32.0 Å². The largest absolute Gasteiger partial charge is 0.393 e. The fraction of sp³-hybridized carbons (Fsp3) is 0.438. The van der Waals surface area contributed by atoms with Crippen molar-refractivity contribution < 1.29 is 9.90 Å². The molecule has 0 spiro atoms. The molecule has 0 bridgehead atoms. The molecule has 3 rings (SSSR count). The van der Waals surface area contributed by atoms with Gasteiger partial charge < -0.3 is 10.4 Å². The average molecular weight is 317 g/mol. The molecule has 1 amide bonds. The van der Waals surface area contributed by atoms with Crippen LogP contribution in [0.2, 0.25) is 0 Å². The van der Waals surface area contributed by atoms with Gasteiger partial charge in [0.05, 0.1) is 28.5 Å². The van der Waals surface area contributed by atoms with Gasteiger partial charge >= 0.3 is 0 Å². The number of carbonyl (C=O) groups excluding carboxylic acids is 1. The van der Waals surface area contributed by atoms with Crippen molar-refractivity contribution in [2.45, 2.75) is 38.8 Å². The van der Waals surface area contributed by atoms with Gasteiger partial charge in [-0.1, -0.05) is 6.07 Å². The smallest absolute Gasteiger partial charge is 0.263 e. The van der Waals surface area contributed by atoms with Crippen molar-refractivity contribution in [2.24, 2.45) is 5.92 Å².